The number of hydrogen-bond acceptors (Lipinski definition) is 2. The molecule has 4 atom stereocenters. The minimum Gasteiger partial charge on any atom is -0.314 e. The molecule has 0 aliphatic carbocycles. The maximum absolute atomic E-state index is 3.54. The van der Waals surface area contributed by atoms with E-state index in [9.17, 15) is 0 Å². The monoisotopic (exact) mass is 196 g/mol. The van der Waals surface area contributed by atoms with E-state index in [1.807, 2.05) is 0 Å². The molecule has 2 aliphatic rings. The van der Waals surface area contributed by atoms with Gasteiger partial charge in [0, 0.05) is 25.7 Å². The summed E-state index contributed by atoms with van der Waals surface area (Å²) in [6.45, 7) is 12.3. The van der Waals surface area contributed by atoms with Gasteiger partial charge in [0.05, 0.1) is 0 Å². The fourth-order valence-corrected chi connectivity index (χ4v) is 2.89. The zero-order valence-electron chi connectivity index (χ0n) is 9.79. The summed E-state index contributed by atoms with van der Waals surface area (Å²) in [5.74, 6) is 2.70. The Hall–Kier alpha value is -0.0800. The maximum Gasteiger partial charge on any atom is 0.00796 e. The Balaban J connectivity index is 1.81. The van der Waals surface area contributed by atoms with E-state index >= 15 is 0 Å². The van der Waals surface area contributed by atoms with E-state index in [4.69, 9.17) is 0 Å². The van der Waals surface area contributed by atoms with Crippen molar-refractivity contribution >= 4 is 0 Å². The number of nitrogens with zero attached hydrogens (tertiary/aromatic N) is 1. The summed E-state index contributed by atoms with van der Waals surface area (Å²) in [6.07, 6.45) is 1.38. The minimum absolute atomic E-state index is 0.737. The molecule has 0 amide bonds. The second-order valence-corrected chi connectivity index (χ2v) is 5.46. The van der Waals surface area contributed by atoms with Gasteiger partial charge in [0.15, 0.2) is 0 Å². The average molecular weight is 196 g/mol. The van der Waals surface area contributed by atoms with Gasteiger partial charge in [-0.1, -0.05) is 13.8 Å². The van der Waals surface area contributed by atoms with Crippen LogP contribution in [-0.4, -0.2) is 37.1 Å². The summed E-state index contributed by atoms with van der Waals surface area (Å²) >= 11 is 0. The summed E-state index contributed by atoms with van der Waals surface area (Å²) < 4.78 is 0. The molecule has 0 aromatic rings. The van der Waals surface area contributed by atoms with Gasteiger partial charge in [-0.25, -0.2) is 0 Å². The Morgan fingerprint density at radius 2 is 1.79 bits per heavy atom. The van der Waals surface area contributed by atoms with Crippen LogP contribution in [0.15, 0.2) is 0 Å². The van der Waals surface area contributed by atoms with Crippen molar-refractivity contribution in [3.8, 4) is 0 Å². The Morgan fingerprint density at radius 3 is 2.29 bits per heavy atom. The van der Waals surface area contributed by atoms with Gasteiger partial charge in [0.2, 0.25) is 0 Å². The van der Waals surface area contributed by atoms with Crippen LogP contribution in [0.4, 0.5) is 0 Å². The third-order valence-electron chi connectivity index (χ3n) is 4.25. The molecule has 2 heteroatoms. The molecule has 0 aromatic heterocycles. The van der Waals surface area contributed by atoms with Gasteiger partial charge < -0.3 is 10.2 Å². The highest BCUT2D eigenvalue weighted by atomic mass is 15.2. The molecule has 2 saturated heterocycles. The van der Waals surface area contributed by atoms with Crippen molar-refractivity contribution in [1.82, 2.24) is 10.2 Å². The smallest absolute Gasteiger partial charge is 0.00796 e. The van der Waals surface area contributed by atoms with Gasteiger partial charge in [-0.3, -0.25) is 0 Å². The number of hydrogen-bond donors (Lipinski definition) is 1. The van der Waals surface area contributed by atoms with Gasteiger partial charge >= 0.3 is 0 Å². The first-order valence-electron chi connectivity index (χ1n) is 6.12. The molecule has 2 aliphatic heterocycles. The van der Waals surface area contributed by atoms with Gasteiger partial charge in [0.1, 0.15) is 0 Å². The third-order valence-corrected chi connectivity index (χ3v) is 4.25. The molecule has 0 radical (unpaired) electrons. The molecule has 0 spiro atoms. The molecule has 0 bridgehead atoms. The van der Waals surface area contributed by atoms with Crippen molar-refractivity contribution in [3.05, 3.63) is 0 Å². The van der Waals surface area contributed by atoms with Crippen LogP contribution in [0.3, 0.4) is 0 Å². The lowest BCUT2D eigenvalue weighted by Gasteiger charge is -2.22. The highest BCUT2D eigenvalue weighted by Gasteiger charge is 2.30. The molecule has 0 saturated carbocycles. The lowest BCUT2D eigenvalue weighted by Crippen LogP contribution is -2.33. The number of rotatable bonds is 2. The molecule has 14 heavy (non-hydrogen) atoms. The molecular weight excluding hydrogens is 172 g/mol. The van der Waals surface area contributed by atoms with Crippen LogP contribution in [0.5, 0.6) is 0 Å². The lowest BCUT2D eigenvalue weighted by atomic mass is 10.0. The van der Waals surface area contributed by atoms with E-state index in [-0.39, 0.29) is 0 Å². The summed E-state index contributed by atoms with van der Waals surface area (Å²) in [5, 5.41) is 3.54. The van der Waals surface area contributed by atoms with Crippen LogP contribution in [0.2, 0.25) is 0 Å². The third kappa shape index (κ3) is 2.12. The predicted octanol–water partition coefficient (Wildman–Crippen LogP) is 1.57. The second-order valence-electron chi connectivity index (χ2n) is 5.46. The van der Waals surface area contributed by atoms with E-state index in [2.05, 4.69) is 31.0 Å². The standard InChI is InChI=1S/C12H24N2/c1-9-6-14(7-10(9)2)8-12-4-5-13-11(12)3/h9-13H,4-8H2,1-3H3. The SMILES string of the molecule is CC1CN(CC2CCNC2C)CC1C. The van der Waals surface area contributed by atoms with Gasteiger partial charge in [0.25, 0.3) is 0 Å². The second kappa shape index (κ2) is 4.19. The highest BCUT2D eigenvalue weighted by Crippen LogP contribution is 2.25. The summed E-state index contributed by atoms with van der Waals surface area (Å²) in [4.78, 5) is 2.67. The first kappa shape index (κ1) is 10.4. The molecular formula is C12H24N2. The Bertz CT molecular complexity index is 183. The van der Waals surface area contributed by atoms with Gasteiger partial charge in [-0.05, 0) is 37.6 Å². The van der Waals surface area contributed by atoms with Crippen molar-refractivity contribution < 1.29 is 0 Å². The molecule has 1 N–H and O–H groups in total. The lowest BCUT2D eigenvalue weighted by molar-refractivity contribution is 0.258. The Labute approximate surface area is 88.1 Å². The van der Waals surface area contributed by atoms with Crippen LogP contribution in [0.25, 0.3) is 0 Å². The largest absolute Gasteiger partial charge is 0.314 e. The van der Waals surface area contributed by atoms with Gasteiger partial charge in [-0.15, -0.1) is 0 Å². The van der Waals surface area contributed by atoms with Crippen LogP contribution in [-0.2, 0) is 0 Å². The van der Waals surface area contributed by atoms with Crippen LogP contribution in [0, 0.1) is 17.8 Å². The Morgan fingerprint density at radius 1 is 1.14 bits per heavy atom. The summed E-state index contributed by atoms with van der Waals surface area (Å²) in [7, 11) is 0. The molecule has 2 heterocycles. The number of likely N-dealkylation sites (tertiary alicyclic amines) is 1. The first-order valence-corrected chi connectivity index (χ1v) is 6.12. The van der Waals surface area contributed by atoms with Crippen molar-refractivity contribution in [2.75, 3.05) is 26.2 Å². The first-order chi connectivity index (χ1) is 6.66. The molecule has 4 unspecified atom stereocenters. The van der Waals surface area contributed by atoms with Crippen molar-refractivity contribution in [2.24, 2.45) is 17.8 Å². The molecule has 2 nitrogen and oxygen atoms in total. The fourth-order valence-electron chi connectivity index (χ4n) is 2.89. The molecule has 2 rings (SSSR count). The minimum atomic E-state index is 0.737. The zero-order valence-corrected chi connectivity index (χ0v) is 9.79. The summed E-state index contributed by atoms with van der Waals surface area (Å²) in [5.41, 5.74) is 0. The van der Waals surface area contributed by atoms with E-state index < -0.39 is 0 Å². The van der Waals surface area contributed by atoms with Crippen molar-refractivity contribution in [1.29, 1.82) is 0 Å². The summed E-state index contributed by atoms with van der Waals surface area (Å²) in [6, 6.07) is 0.737. The van der Waals surface area contributed by atoms with E-state index in [1.165, 1.54) is 32.6 Å². The molecule has 0 aromatic carbocycles. The molecule has 82 valence electrons. The topological polar surface area (TPSA) is 15.3 Å². The van der Waals surface area contributed by atoms with E-state index in [1.54, 1.807) is 0 Å². The fraction of sp³-hybridized carbons (Fsp3) is 1.00. The van der Waals surface area contributed by atoms with Crippen LogP contribution >= 0.6 is 0 Å². The predicted molar refractivity (Wildman–Crippen MR) is 60.3 cm³/mol. The molecule has 2 fully saturated rings. The quantitative estimate of drug-likeness (QED) is 0.721. The zero-order chi connectivity index (χ0) is 10.1. The van der Waals surface area contributed by atoms with Crippen molar-refractivity contribution in [2.45, 2.75) is 33.2 Å². The van der Waals surface area contributed by atoms with E-state index in [0.717, 1.165) is 23.8 Å². The van der Waals surface area contributed by atoms with Crippen LogP contribution in [0.1, 0.15) is 27.2 Å². The van der Waals surface area contributed by atoms with Gasteiger partial charge in [-0.2, -0.15) is 0 Å². The number of nitrogens with one attached hydrogen (secondary N) is 1. The van der Waals surface area contributed by atoms with Crippen LogP contribution < -0.4 is 5.32 Å². The Kier molecular flexibility index (Phi) is 3.13. The average Bonchev–Trinajstić information content (AvgIpc) is 2.63. The highest BCUT2D eigenvalue weighted by molar-refractivity contribution is 4.86. The normalized spacial score (nSPS) is 44.8. The van der Waals surface area contributed by atoms with E-state index in [0.29, 0.717) is 0 Å². The maximum atomic E-state index is 3.54. The van der Waals surface area contributed by atoms with Crippen molar-refractivity contribution in [3.63, 3.8) is 0 Å².